The molecule has 0 radical (unpaired) electrons. The number of halogens is 2. The molecular formula is C13H16Cl2N2O2. The van der Waals surface area contributed by atoms with Crippen LogP contribution >= 0.6 is 23.2 Å². The van der Waals surface area contributed by atoms with Gasteiger partial charge < -0.3 is 16.2 Å². The summed E-state index contributed by atoms with van der Waals surface area (Å²) < 4.78 is 0. The monoisotopic (exact) mass is 302 g/mol. The maximum Gasteiger partial charge on any atom is 0.251 e. The highest BCUT2D eigenvalue weighted by atomic mass is 35.5. The highest BCUT2D eigenvalue weighted by molar-refractivity contribution is 6.39. The van der Waals surface area contributed by atoms with Gasteiger partial charge in [-0.15, -0.1) is 0 Å². The average Bonchev–Trinajstić information content (AvgIpc) is 2.78. The maximum atomic E-state index is 12.0. The minimum atomic E-state index is -0.234. The van der Waals surface area contributed by atoms with Crippen molar-refractivity contribution in [1.29, 1.82) is 0 Å². The second-order valence-corrected chi connectivity index (χ2v) is 5.71. The topological polar surface area (TPSA) is 75.4 Å². The minimum Gasteiger partial charge on any atom is -0.396 e. The van der Waals surface area contributed by atoms with Crippen molar-refractivity contribution in [3.05, 3.63) is 27.7 Å². The first kappa shape index (κ1) is 14.4. The van der Waals surface area contributed by atoms with Crippen molar-refractivity contribution in [3.8, 4) is 0 Å². The molecule has 0 aromatic heterocycles. The van der Waals surface area contributed by atoms with E-state index in [-0.39, 0.29) is 27.7 Å². The zero-order chi connectivity index (χ0) is 14.0. The van der Waals surface area contributed by atoms with Gasteiger partial charge in [0.05, 0.1) is 21.8 Å². The van der Waals surface area contributed by atoms with Gasteiger partial charge in [0.2, 0.25) is 0 Å². The molecule has 0 heterocycles. The van der Waals surface area contributed by atoms with Crippen LogP contribution in [0.2, 0.25) is 10.0 Å². The Labute approximate surface area is 121 Å². The molecule has 4 N–H and O–H groups in total. The zero-order valence-electron chi connectivity index (χ0n) is 10.3. The number of rotatable bonds is 3. The molecular weight excluding hydrogens is 287 g/mol. The number of benzene rings is 1. The van der Waals surface area contributed by atoms with Gasteiger partial charge in [-0.3, -0.25) is 4.79 Å². The Hall–Kier alpha value is -0.970. The first-order valence-electron chi connectivity index (χ1n) is 6.18. The van der Waals surface area contributed by atoms with Crippen molar-refractivity contribution in [1.82, 2.24) is 5.32 Å². The first-order valence-corrected chi connectivity index (χ1v) is 6.93. The Morgan fingerprint density at radius 3 is 2.53 bits per heavy atom. The lowest BCUT2D eigenvalue weighted by atomic mass is 10.1. The van der Waals surface area contributed by atoms with Crippen molar-refractivity contribution in [3.63, 3.8) is 0 Å². The predicted octanol–water partition coefficient (Wildman–Crippen LogP) is 2.47. The van der Waals surface area contributed by atoms with Crippen LogP contribution in [-0.2, 0) is 0 Å². The number of nitrogens with one attached hydrogen (secondary N) is 1. The van der Waals surface area contributed by atoms with E-state index in [9.17, 15) is 9.90 Å². The Kier molecular flexibility index (Phi) is 4.55. The van der Waals surface area contributed by atoms with Crippen molar-refractivity contribution >= 4 is 34.8 Å². The second kappa shape index (κ2) is 5.99. The van der Waals surface area contributed by atoms with E-state index < -0.39 is 0 Å². The van der Waals surface area contributed by atoms with Crippen molar-refractivity contribution in [2.45, 2.75) is 25.4 Å². The minimum absolute atomic E-state index is 0.231. The van der Waals surface area contributed by atoms with E-state index in [2.05, 4.69) is 5.32 Å². The summed E-state index contributed by atoms with van der Waals surface area (Å²) in [4.78, 5) is 12.0. The smallest absolute Gasteiger partial charge is 0.251 e. The Morgan fingerprint density at radius 1 is 1.37 bits per heavy atom. The van der Waals surface area contributed by atoms with Gasteiger partial charge in [0.1, 0.15) is 0 Å². The molecule has 1 aliphatic rings. The van der Waals surface area contributed by atoms with Crippen LogP contribution in [0.4, 0.5) is 5.69 Å². The summed E-state index contributed by atoms with van der Waals surface area (Å²) in [7, 11) is 0. The Balaban J connectivity index is 1.96. The first-order chi connectivity index (χ1) is 8.97. The largest absolute Gasteiger partial charge is 0.396 e. The molecule has 0 aliphatic heterocycles. The highest BCUT2D eigenvalue weighted by Crippen LogP contribution is 2.29. The fraction of sp³-hybridized carbons (Fsp3) is 0.462. The van der Waals surface area contributed by atoms with Crippen LogP contribution in [0, 0.1) is 5.92 Å². The average molecular weight is 303 g/mol. The normalized spacial score (nSPS) is 22.5. The van der Waals surface area contributed by atoms with E-state index in [0.29, 0.717) is 18.0 Å². The van der Waals surface area contributed by atoms with Gasteiger partial charge in [-0.25, -0.2) is 0 Å². The Bertz CT molecular complexity index is 471. The van der Waals surface area contributed by atoms with E-state index in [4.69, 9.17) is 28.9 Å². The molecule has 1 fully saturated rings. The highest BCUT2D eigenvalue weighted by Gasteiger charge is 2.23. The number of amides is 1. The fourth-order valence-electron chi connectivity index (χ4n) is 2.29. The third kappa shape index (κ3) is 3.53. The molecule has 6 heteroatoms. The molecule has 2 unspecified atom stereocenters. The van der Waals surface area contributed by atoms with E-state index in [1.165, 1.54) is 12.1 Å². The molecule has 1 saturated carbocycles. The van der Waals surface area contributed by atoms with E-state index in [1.807, 2.05) is 0 Å². The number of carbonyl (C=O) groups excluding carboxylic acids is 1. The SMILES string of the molecule is Nc1c(Cl)cc(C(=O)NCC2CCC(O)C2)cc1Cl. The van der Waals surface area contributed by atoms with Crippen LogP contribution in [0.1, 0.15) is 29.6 Å². The van der Waals surface area contributed by atoms with Gasteiger partial charge in [-0.05, 0) is 37.3 Å². The summed E-state index contributed by atoms with van der Waals surface area (Å²) in [5.74, 6) is 0.101. The van der Waals surface area contributed by atoms with E-state index in [0.717, 1.165) is 19.3 Å². The molecule has 1 amide bonds. The Morgan fingerprint density at radius 2 is 2.00 bits per heavy atom. The lowest BCUT2D eigenvalue weighted by molar-refractivity contribution is 0.0945. The number of nitrogen functional groups attached to an aromatic ring is 1. The van der Waals surface area contributed by atoms with Crippen LogP contribution < -0.4 is 11.1 Å². The molecule has 1 aromatic rings. The van der Waals surface area contributed by atoms with Gasteiger partial charge in [0.25, 0.3) is 5.91 Å². The van der Waals surface area contributed by atoms with Crippen molar-refractivity contribution < 1.29 is 9.90 Å². The third-order valence-corrected chi connectivity index (χ3v) is 4.03. The number of hydrogen-bond donors (Lipinski definition) is 3. The molecule has 0 saturated heterocycles. The summed E-state index contributed by atoms with van der Waals surface area (Å²) in [5.41, 5.74) is 6.28. The van der Waals surface area contributed by atoms with Crippen LogP contribution in [0.15, 0.2) is 12.1 Å². The van der Waals surface area contributed by atoms with E-state index in [1.54, 1.807) is 0 Å². The van der Waals surface area contributed by atoms with Crippen molar-refractivity contribution in [2.24, 2.45) is 5.92 Å². The van der Waals surface area contributed by atoms with Crippen LogP contribution in [0.5, 0.6) is 0 Å². The third-order valence-electron chi connectivity index (χ3n) is 3.41. The standard InChI is InChI=1S/C13H16Cl2N2O2/c14-10-4-8(5-11(15)12(10)16)13(19)17-6-7-1-2-9(18)3-7/h4-5,7,9,18H,1-3,6,16H2,(H,17,19). The van der Waals surface area contributed by atoms with Crippen LogP contribution in [-0.4, -0.2) is 23.7 Å². The number of aliphatic hydroxyl groups is 1. The van der Waals surface area contributed by atoms with Crippen molar-refractivity contribution in [2.75, 3.05) is 12.3 Å². The number of nitrogens with two attached hydrogens (primary N) is 1. The van der Waals surface area contributed by atoms with Gasteiger partial charge in [0.15, 0.2) is 0 Å². The molecule has 104 valence electrons. The molecule has 0 bridgehead atoms. The van der Waals surface area contributed by atoms with E-state index >= 15 is 0 Å². The number of hydrogen-bond acceptors (Lipinski definition) is 3. The summed E-state index contributed by atoms with van der Waals surface area (Å²) in [6.45, 7) is 0.551. The zero-order valence-corrected chi connectivity index (χ0v) is 11.8. The molecule has 4 nitrogen and oxygen atoms in total. The lowest BCUT2D eigenvalue weighted by Gasteiger charge is -2.12. The molecule has 1 aliphatic carbocycles. The quantitative estimate of drug-likeness (QED) is 0.751. The molecule has 2 atom stereocenters. The molecule has 19 heavy (non-hydrogen) atoms. The molecule has 2 rings (SSSR count). The lowest BCUT2D eigenvalue weighted by Crippen LogP contribution is -2.28. The van der Waals surface area contributed by atoms with Gasteiger partial charge in [-0.1, -0.05) is 23.2 Å². The molecule has 1 aromatic carbocycles. The summed E-state index contributed by atoms with van der Waals surface area (Å²) >= 11 is 11.8. The number of aliphatic hydroxyl groups excluding tert-OH is 1. The predicted molar refractivity (Wildman–Crippen MR) is 76.6 cm³/mol. The van der Waals surface area contributed by atoms with Crippen LogP contribution in [0.25, 0.3) is 0 Å². The number of anilines is 1. The second-order valence-electron chi connectivity index (χ2n) is 4.90. The van der Waals surface area contributed by atoms with Gasteiger partial charge in [0, 0.05) is 12.1 Å². The maximum absolute atomic E-state index is 12.0. The number of carbonyl (C=O) groups is 1. The summed E-state index contributed by atoms with van der Waals surface area (Å²) in [6, 6.07) is 3.00. The molecule has 0 spiro atoms. The fourth-order valence-corrected chi connectivity index (χ4v) is 2.78. The van der Waals surface area contributed by atoms with Gasteiger partial charge in [-0.2, -0.15) is 0 Å². The summed E-state index contributed by atoms with van der Waals surface area (Å²) in [5, 5.41) is 12.8. The van der Waals surface area contributed by atoms with Gasteiger partial charge >= 0.3 is 0 Å². The van der Waals surface area contributed by atoms with Crippen LogP contribution in [0.3, 0.4) is 0 Å². The summed E-state index contributed by atoms with van der Waals surface area (Å²) in [6.07, 6.45) is 2.25.